The highest BCUT2D eigenvalue weighted by molar-refractivity contribution is 6.08. The molecule has 1 unspecified atom stereocenters. The lowest BCUT2D eigenvalue weighted by Gasteiger charge is -2.29. The zero-order chi connectivity index (χ0) is 71.6. The maximum atomic E-state index is 13.0. The molecule has 0 bridgehead atoms. The predicted molar refractivity (Wildman–Crippen MR) is 352 cm³/mol. The molecule has 1 aliphatic carbocycles. The summed E-state index contributed by atoms with van der Waals surface area (Å²) in [6.07, 6.45) is 2.07. The molecule has 97 heavy (non-hydrogen) atoms. The number of nitrogens with two attached hydrogens (primary N) is 2. The minimum Gasteiger partial charge on any atom is -0.508 e. The van der Waals surface area contributed by atoms with Crippen LogP contribution in [0.15, 0.2) is 54.6 Å². The number of benzene rings is 3. The summed E-state index contributed by atoms with van der Waals surface area (Å²) in [6.45, 7) is 26.0. The van der Waals surface area contributed by atoms with Crippen LogP contribution in [-0.4, -0.2) is 198 Å². The largest absolute Gasteiger partial charge is 0.508 e. The van der Waals surface area contributed by atoms with Crippen LogP contribution in [-0.2, 0) is 67.3 Å². The normalized spacial score (nSPS) is 20.4. The van der Waals surface area contributed by atoms with Gasteiger partial charge in [0.15, 0.2) is 5.78 Å². The Hall–Kier alpha value is -8.85. The van der Waals surface area contributed by atoms with Gasteiger partial charge in [-0.3, -0.25) is 43.2 Å². The molecular weight excluding hydrogens is 1260 g/mol. The van der Waals surface area contributed by atoms with E-state index < -0.39 is 64.3 Å². The van der Waals surface area contributed by atoms with E-state index in [4.69, 9.17) is 39.9 Å². The molecule has 6 aliphatic heterocycles. The summed E-state index contributed by atoms with van der Waals surface area (Å²) < 4.78 is 33.1. The fourth-order valence-electron chi connectivity index (χ4n) is 11.9. The number of amides is 7. The Labute approximate surface area is 566 Å². The van der Waals surface area contributed by atoms with E-state index in [1.807, 2.05) is 53.7 Å². The lowest BCUT2D eigenvalue weighted by atomic mass is 9.92. The average molecular weight is 1350 g/mol. The average Bonchev–Trinajstić information content (AvgIpc) is 1.66. The van der Waals surface area contributed by atoms with Gasteiger partial charge in [0, 0.05) is 88.2 Å². The second-order valence-corrected chi connectivity index (χ2v) is 29.2. The number of ether oxygens (including phenoxy) is 6. The predicted octanol–water partition coefficient (Wildman–Crippen LogP) is 6.39. The molecule has 6 atom stereocenters. The molecule has 27 heteroatoms. The van der Waals surface area contributed by atoms with Gasteiger partial charge >= 0.3 is 24.1 Å². The van der Waals surface area contributed by atoms with Gasteiger partial charge in [-0.15, -0.1) is 0 Å². The third-order valence-electron chi connectivity index (χ3n) is 16.3. The third kappa shape index (κ3) is 21.8. The van der Waals surface area contributed by atoms with Crippen molar-refractivity contribution in [3.63, 3.8) is 0 Å². The molecule has 1 saturated carbocycles. The van der Waals surface area contributed by atoms with E-state index in [2.05, 4.69) is 5.32 Å². The van der Waals surface area contributed by atoms with Gasteiger partial charge in [0.25, 0.3) is 17.7 Å². The van der Waals surface area contributed by atoms with E-state index >= 15 is 0 Å². The molecule has 27 nitrogen and oxygen atoms in total. The number of fused-ring (bicyclic) bond motifs is 3. The fraction of sp³-hybridized carbons (Fsp3) is 0.586. The number of hydrogen-bond donors (Lipinski definition) is 5. The molecule has 4 fully saturated rings. The molecule has 0 aromatic heterocycles. The molecule has 10 rings (SSSR count). The number of aromatic hydroxyl groups is 1. The molecule has 0 radical (unpaired) electrons. The molecule has 7 N–H and O–H groups in total. The topological polar surface area (TPSA) is 364 Å². The second kappa shape index (κ2) is 31.6. The number of aliphatic hydroxyl groups is 1. The lowest BCUT2D eigenvalue weighted by Crippen LogP contribution is -2.45. The standard InChI is InChI=1S/C26H37N3O7.C18H20N2O4.C17H22N2O5.C9H17NO3/c1-25(2,3)35-21(30)10-9-20(22(27)31)29-14-16-13-17(7-8-19(16)23(29)32)34-18-11-12-28(15-18)24(33)36-26(4,5)6;21-12-1-4-16(17(22)8-12)20-10-11-7-13(2-3-15(11)18(20)23)24-14-5-6-19-9-14;1-17(2,3)24-14(21)7-6-13(15(18)22)19-9-10-8-11(20)4-5-12(10)16(19)23;1-9(2,3)13-8(12)10-5-4-7(11)6-10/h7-8,13,18,20H,9-12,14-15H2,1-6H3,(H2,27,31);2-3,7,14,16,19H,1,4-6,8-10H2;4-5,8,13,20H,6-7,9H2,1-3H3,(H2,18,22);7,11H,4-6H2,1-3H3/t18-,20-;14-,16-;;7-/m00.1/s1. The van der Waals surface area contributed by atoms with Gasteiger partial charge in [0.05, 0.1) is 25.1 Å². The number of β-amino-alcohol motifs (C(OH)–C–C–N with tert-alkyl or cyclic N) is 1. The number of ketones is 2. The number of carbonyl (C=O) groups excluding carboxylic acids is 11. The van der Waals surface area contributed by atoms with Crippen LogP contribution in [0.5, 0.6) is 17.2 Å². The number of nitrogens with one attached hydrogen (secondary N) is 1. The summed E-state index contributed by atoms with van der Waals surface area (Å²) in [4.78, 5) is 141. The molecule has 3 aromatic rings. The van der Waals surface area contributed by atoms with Crippen molar-refractivity contribution in [2.75, 3.05) is 39.3 Å². The fourth-order valence-corrected chi connectivity index (χ4v) is 11.9. The summed E-state index contributed by atoms with van der Waals surface area (Å²) in [7, 11) is 0. The van der Waals surface area contributed by atoms with Crippen molar-refractivity contribution in [2.24, 2.45) is 11.5 Å². The van der Waals surface area contributed by atoms with Crippen LogP contribution in [0.25, 0.3) is 0 Å². The summed E-state index contributed by atoms with van der Waals surface area (Å²) in [6, 6.07) is 12.8. The van der Waals surface area contributed by atoms with Crippen LogP contribution in [0.2, 0.25) is 0 Å². The first-order valence-electron chi connectivity index (χ1n) is 33.0. The molecule has 7 aliphatic rings. The number of likely N-dealkylation sites (tertiary alicyclic amines) is 2. The number of phenols is 1. The highest BCUT2D eigenvalue weighted by atomic mass is 16.6. The summed E-state index contributed by atoms with van der Waals surface area (Å²) >= 11 is 0. The van der Waals surface area contributed by atoms with Crippen LogP contribution in [0.3, 0.4) is 0 Å². The van der Waals surface area contributed by atoms with Gasteiger partial charge in [-0.25, -0.2) is 9.59 Å². The van der Waals surface area contributed by atoms with Crippen LogP contribution in [0, 0.1) is 0 Å². The zero-order valence-electron chi connectivity index (χ0n) is 57.8. The van der Waals surface area contributed by atoms with E-state index in [1.54, 1.807) is 75.6 Å². The first kappa shape index (κ1) is 75.5. The van der Waals surface area contributed by atoms with Crippen molar-refractivity contribution >= 4 is 65.2 Å². The Morgan fingerprint density at radius 1 is 0.557 bits per heavy atom. The lowest BCUT2D eigenvalue weighted by molar-refractivity contribution is -0.156. The summed E-state index contributed by atoms with van der Waals surface area (Å²) in [5, 5.41) is 22.0. The Bertz CT molecular complexity index is 3450. The number of hydrogen-bond acceptors (Lipinski definition) is 20. The number of primary amides is 2. The maximum Gasteiger partial charge on any atom is 0.410 e. The highest BCUT2D eigenvalue weighted by Crippen LogP contribution is 2.35. The van der Waals surface area contributed by atoms with E-state index in [9.17, 15) is 63.0 Å². The number of esters is 2. The van der Waals surface area contributed by atoms with E-state index in [1.165, 1.54) is 32.9 Å². The molecule has 3 saturated heterocycles. The van der Waals surface area contributed by atoms with Gasteiger partial charge in [-0.1, -0.05) is 0 Å². The Morgan fingerprint density at radius 3 is 1.46 bits per heavy atom. The molecule has 530 valence electrons. The summed E-state index contributed by atoms with van der Waals surface area (Å²) in [5.74, 6) is -1.80. The van der Waals surface area contributed by atoms with Gasteiger partial charge in [-0.05, 0) is 193 Å². The van der Waals surface area contributed by atoms with Gasteiger partial charge < -0.3 is 79.9 Å². The quantitative estimate of drug-likeness (QED) is 0.0625. The van der Waals surface area contributed by atoms with Crippen LogP contribution in [0.1, 0.15) is 195 Å². The number of aliphatic hydroxyl groups excluding tert-OH is 1. The Morgan fingerprint density at radius 2 is 1.01 bits per heavy atom. The zero-order valence-corrected chi connectivity index (χ0v) is 57.8. The first-order valence-corrected chi connectivity index (χ1v) is 33.0. The van der Waals surface area contributed by atoms with Crippen molar-refractivity contribution in [1.29, 1.82) is 0 Å². The molecule has 0 spiro atoms. The van der Waals surface area contributed by atoms with Crippen molar-refractivity contribution in [3.05, 3.63) is 88.0 Å². The van der Waals surface area contributed by atoms with Gasteiger partial charge in [0.1, 0.15) is 69.7 Å². The molecule has 7 amide bonds. The number of carbonyl (C=O) groups is 11. The Balaban J connectivity index is 0.000000192. The van der Waals surface area contributed by atoms with E-state index in [0.29, 0.717) is 92.0 Å². The number of nitrogens with zero attached hydrogens (tertiary/aromatic N) is 5. The first-order chi connectivity index (χ1) is 45.2. The Kier molecular flexibility index (Phi) is 24.6. The van der Waals surface area contributed by atoms with E-state index in [0.717, 1.165) is 30.8 Å². The highest BCUT2D eigenvalue weighted by Gasteiger charge is 2.41. The monoisotopic (exact) mass is 1350 g/mol. The summed E-state index contributed by atoms with van der Waals surface area (Å²) in [5.41, 5.74) is 12.5. The second-order valence-electron chi connectivity index (χ2n) is 29.2. The van der Waals surface area contributed by atoms with Crippen LogP contribution >= 0.6 is 0 Å². The smallest absolute Gasteiger partial charge is 0.410 e. The molecule has 3 aromatic carbocycles. The third-order valence-corrected chi connectivity index (χ3v) is 16.3. The van der Waals surface area contributed by atoms with Crippen molar-refractivity contribution in [1.82, 2.24) is 29.8 Å². The molecular formula is C70H96N8O19. The van der Waals surface area contributed by atoms with Crippen LogP contribution < -0.4 is 26.3 Å². The van der Waals surface area contributed by atoms with Crippen molar-refractivity contribution < 1.29 is 91.4 Å². The maximum absolute atomic E-state index is 13.0. The van der Waals surface area contributed by atoms with Gasteiger partial charge in [-0.2, -0.15) is 0 Å². The number of phenolic OH excluding ortho intramolecular Hbond substituents is 1. The molecule has 6 heterocycles. The van der Waals surface area contributed by atoms with Gasteiger partial charge in [0.2, 0.25) is 11.8 Å². The minimum atomic E-state index is -0.931. The van der Waals surface area contributed by atoms with Crippen molar-refractivity contribution in [2.45, 2.75) is 226 Å². The minimum absolute atomic E-state index is 0.0176. The van der Waals surface area contributed by atoms with Crippen molar-refractivity contribution in [3.8, 4) is 17.2 Å². The van der Waals surface area contributed by atoms with E-state index in [-0.39, 0.29) is 111 Å². The number of Topliss-reactive ketones (excluding diaryl/α,β-unsaturated/α-hetero) is 2. The number of rotatable bonds is 15. The SMILES string of the molecule is CC(C)(C)OC(=O)CCC(C(N)=O)N1Cc2cc(O)ccc2C1=O.CC(C)(C)OC(=O)CC[C@@H](C(N)=O)N1Cc2cc(O[C@H]3CCN(C(=O)OC(C)(C)C)C3)ccc2C1=O.CC(C)(C)OC(=O)N1CC[C@@H](O)C1.O=C1CC[C@H](N2Cc3cc(O[C@H]4CCNC4)ccc3C2=O)C(=O)C1. The van der Waals surface area contributed by atoms with Crippen LogP contribution in [0.4, 0.5) is 9.59 Å².